The fourth-order valence-corrected chi connectivity index (χ4v) is 3.70. The molecule has 1 aliphatic heterocycles. The van der Waals surface area contributed by atoms with Crippen LogP contribution in [-0.4, -0.2) is 24.2 Å². The molecule has 0 amide bonds. The summed E-state index contributed by atoms with van der Waals surface area (Å²) >= 11 is 12.3. The van der Waals surface area contributed by atoms with E-state index in [1.165, 1.54) is 0 Å². The predicted octanol–water partition coefficient (Wildman–Crippen LogP) is 4.16. The van der Waals surface area contributed by atoms with Crippen LogP contribution in [0.15, 0.2) is 39.5 Å². The van der Waals surface area contributed by atoms with Gasteiger partial charge in [-0.15, -0.1) is 0 Å². The highest BCUT2D eigenvalue weighted by Gasteiger charge is 2.28. The second-order valence-corrected chi connectivity index (χ2v) is 6.93. The van der Waals surface area contributed by atoms with E-state index in [0.29, 0.717) is 40.5 Å². The topological polar surface area (TPSA) is 70.8 Å². The van der Waals surface area contributed by atoms with Gasteiger partial charge in [-0.1, -0.05) is 23.2 Å². The molecule has 2 heterocycles. The Labute approximate surface area is 152 Å². The third-order valence-electron chi connectivity index (χ3n) is 4.61. The lowest BCUT2D eigenvalue weighted by Crippen LogP contribution is -2.22. The average Bonchev–Trinajstić information content (AvgIpc) is 3.08. The first kappa shape index (κ1) is 16.2. The number of carboxylic acid groups (broad SMARTS) is 1. The molecular formula is C18H13Cl2NO4. The first-order valence-corrected chi connectivity index (χ1v) is 8.53. The van der Waals surface area contributed by atoms with E-state index in [0.717, 1.165) is 5.69 Å². The third kappa shape index (κ3) is 2.64. The summed E-state index contributed by atoms with van der Waals surface area (Å²) in [6.07, 6.45) is 0.594. The summed E-state index contributed by atoms with van der Waals surface area (Å²) in [5, 5.41) is 10.4. The van der Waals surface area contributed by atoms with Gasteiger partial charge in [0.15, 0.2) is 5.58 Å². The van der Waals surface area contributed by atoms with Gasteiger partial charge in [-0.3, -0.25) is 9.59 Å². The quantitative estimate of drug-likeness (QED) is 0.678. The molecule has 0 bridgehead atoms. The van der Waals surface area contributed by atoms with E-state index in [4.69, 9.17) is 32.7 Å². The molecule has 7 heteroatoms. The molecular weight excluding hydrogens is 365 g/mol. The molecule has 4 rings (SSSR count). The summed E-state index contributed by atoms with van der Waals surface area (Å²) in [6.45, 7) is 1.08. The highest BCUT2D eigenvalue weighted by atomic mass is 35.5. The van der Waals surface area contributed by atoms with Crippen molar-refractivity contribution in [2.45, 2.75) is 6.42 Å². The summed E-state index contributed by atoms with van der Waals surface area (Å²) in [5.41, 5.74) is 1.24. The van der Waals surface area contributed by atoms with Crippen molar-refractivity contribution in [2.75, 3.05) is 18.0 Å². The van der Waals surface area contributed by atoms with E-state index < -0.39 is 5.97 Å². The first-order chi connectivity index (χ1) is 12.0. The molecule has 0 saturated carbocycles. The minimum Gasteiger partial charge on any atom is -0.481 e. The number of anilines is 1. The summed E-state index contributed by atoms with van der Waals surface area (Å²) in [6, 6.07) is 8.38. The van der Waals surface area contributed by atoms with E-state index in [-0.39, 0.29) is 22.3 Å². The smallest absolute Gasteiger partial charge is 0.308 e. The standard InChI is InChI=1S/C18H13Cl2NO4/c19-12-3-4-13(20)17-15(12)16(22)11-2-1-10(7-14(11)25-17)21-6-5-9(8-21)18(23)24/h1-4,7,9H,5-6,8H2,(H,23,24)/t9-/m1/s1. The van der Waals surface area contributed by atoms with Crippen LogP contribution in [0.25, 0.3) is 21.9 Å². The molecule has 5 nitrogen and oxygen atoms in total. The molecule has 1 aromatic heterocycles. The van der Waals surface area contributed by atoms with Crippen LogP contribution < -0.4 is 10.3 Å². The second-order valence-electron chi connectivity index (χ2n) is 6.11. The Morgan fingerprint density at radius 1 is 1.20 bits per heavy atom. The van der Waals surface area contributed by atoms with Crippen LogP contribution in [0.5, 0.6) is 0 Å². The Bertz CT molecular complexity index is 1080. The number of aliphatic carboxylic acids is 1. The van der Waals surface area contributed by atoms with Gasteiger partial charge in [-0.25, -0.2) is 0 Å². The maximum Gasteiger partial charge on any atom is 0.308 e. The van der Waals surface area contributed by atoms with Crippen LogP contribution >= 0.6 is 23.2 Å². The maximum absolute atomic E-state index is 12.7. The van der Waals surface area contributed by atoms with Crippen LogP contribution in [0.1, 0.15) is 6.42 Å². The van der Waals surface area contributed by atoms with E-state index in [2.05, 4.69) is 0 Å². The number of carboxylic acids is 1. The molecule has 25 heavy (non-hydrogen) atoms. The average molecular weight is 378 g/mol. The van der Waals surface area contributed by atoms with Crippen LogP contribution in [0.3, 0.4) is 0 Å². The van der Waals surface area contributed by atoms with E-state index >= 15 is 0 Å². The highest BCUT2D eigenvalue weighted by molar-refractivity contribution is 6.39. The molecule has 0 aliphatic carbocycles. The monoisotopic (exact) mass is 377 g/mol. The predicted molar refractivity (Wildman–Crippen MR) is 98.0 cm³/mol. The van der Waals surface area contributed by atoms with Crippen molar-refractivity contribution in [1.82, 2.24) is 0 Å². The Hall–Kier alpha value is -2.24. The van der Waals surface area contributed by atoms with Gasteiger partial charge in [0, 0.05) is 24.8 Å². The molecule has 1 N–H and O–H groups in total. The fourth-order valence-electron chi connectivity index (χ4n) is 3.27. The van der Waals surface area contributed by atoms with Crippen molar-refractivity contribution in [3.05, 3.63) is 50.6 Å². The highest BCUT2D eigenvalue weighted by Crippen LogP contribution is 2.32. The molecule has 1 fully saturated rings. The number of benzene rings is 2. The van der Waals surface area contributed by atoms with Gasteiger partial charge in [0.05, 0.1) is 26.7 Å². The van der Waals surface area contributed by atoms with Gasteiger partial charge in [0.1, 0.15) is 5.58 Å². The number of carbonyl (C=O) groups is 1. The number of fused-ring (bicyclic) bond motifs is 2. The Balaban J connectivity index is 1.87. The lowest BCUT2D eigenvalue weighted by molar-refractivity contribution is -0.140. The summed E-state index contributed by atoms with van der Waals surface area (Å²) in [7, 11) is 0. The maximum atomic E-state index is 12.7. The van der Waals surface area contributed by atoms with Crippen molar-refractivity contribution in [2.24, 2.45) is 5.92 Å². The van der Waals surface area contributed by atoms with E-state index in [9.17, 15) is 9.59 Å². The van der Waals surface area contributed by atoms with Gasteiger partial charge in [0.25, 0.3) is 0 Å². The SMILES string of the molecule is O=C(O)[C@@H]1CCN(c2ccc3c(=O)c4c(Cl)ccc(Cl)c4oc3c2)C1. The van der Waals surface area contributed by atoms with Crippen LogP contribution in [0.2, 0.25) is 10.0 Å². The Morgan fingerprint density at radius 2 is 1.96 bits per heavy atom. The third-order valence-corrected chi connectivity index (χ3v) is 5.22. The molecule has 128 valence electrons. The molecule has 1 aliphatic rings. The molecule has 0 spiro atoms. The number of rotatable bonds is 2. The zero-order chi connectivity index (χ0) is 17.7. The molecule has 0 radical (unpaired) electrons. The number of hydrogen-bond donors (Lipinski definition) is 1. The fraction of sp³-hybridized carbons (Fsp3) is 0.222. The van der Waals surface area contributed by atoms with Gasteiger partial charge < -0.3 is 14.4 Å². The normalized spacial score (nSPS) is 17.5. The van der Waals surface area contributed by atoms with E-state index in [1.807, 2.05) is 4.90 Å². The zero-order valence-electron chi connectivity index (χ0n) is 13.0. The summed E-state index contributed by atoms with van der Waals surface area (Å²) in [4.78, 5) is 25.9. The van der Waals surface area contributed by atoms with Crippen LogP contribution in [0.4, 0.5) is 5.69 Å². The molecule has 1 atom stereocenters. The van der Waals surface area contributed by atoms with Gasteiger partial charge >= 0.3 is 5.97 Å². The zero-order valence-corrected chi connectivity index (χ0v) is 14.5. The van der Waals surface area contributed by atoms with Crippen molar-refractivity contribution in [3.8, 4) is 0 Å². The second kappa shape index (κ2) is 5.93. The Morgan fingerprint density at radius 3 is 2.68 bits per heavy atom. The first-order valence-electron chi connectivity index (χ1n) is 7.78. The number of nitrogens with zero attached hydrogens (tertiary/aromatic N) is 1. The van der Waals surface area contributed by atoms with Gasteiger partial charge in [-0.2, -0.15) is 0 Å². The minimum absolute atomic E-state index is 0.236. The summed E-state index contributed by atoms with van der Waals surface area (Å²) in [5.74, 6) is -1.17. The number of halogens is 2. The largest absolute Gasteiger partial charge is 0.481 e. The summed E-state index contributed by atoms with van der Waals surface area (Å²) < 4.78 is 5.85. The molecule has 2 aromatic carbocycles. The van der Waals surface area contributed by atoms with Crippen molar-refractivity contribution in [1.29, 1.82) is 0 Å². The van der Waals surface area contributed by atoms with Gasteiger partial charge in [0.2, 0.25) is 5.43 Å². The van der Waals surface area contributed by atoms with Crippen molar-refractivity contribution in [3.63, 3.8) is 0 Å². The minimum atomic E-state index is -0.790. The van der Waals surface area contributed by atoms with Crippen LogP contribution in [-0.2, 0) is 4.79 Å². The van der Waals surface area contributed by atoms with Crippen molar-refractivity contribution < 1.29 is 14.3 Å². The lowest BCUT2D eigenvalue weighted by atomic mass is 10.1. The van der Waals surface area contributed by atoms with Crippen LogP contribution in [0, 0.1) is 5.92 Å². The Kier molecular flexibility index (Phi) is 3.85. The van der Waals surface area contributed by atoms with Crippen molar-refractivity contribution >= 4 is 56.8 Å². The molecule has 1 saturated heterocycles. The number of hydrogen-bond acceptors (Lipinski definition) is 4. The molecule has 3 aromatic rings. The van der Waals surface area contributed by atoms with Gasteiger partial charge in [-0.05, 0) is 30.7 Å². The van der Waals surface area contributed by atoms with E-state index in [1.54, 1.807) is 30.3 Å². The molecule has 0 unspecified atom stereocenters. The lowest BCUT2D eigenvalue weighted by Gasteiger charge is -2.18.